The fourth-order valence-corrected chi connectivity index (χ4v) is 2.79. The molecule has 0 radical (unpaired) electrons. The highest BCUT2D eigenvalue weighted by Gasteiger charge is 2.24. The molecule has 1 aliphatic heterocycles. The van der Waals surface area contributed by atoms with E-state index in [-0.39, 0.29) is 11.9 Å². The van der Waals surface area contributed by atoms with Crippen molar-refractivity contribution >= 4 is 0 Å². The minimum absolute atomic E-state index is 0.0805. The van der Waals surface area contributed by atoms with Gasteiger partial charge in [-0.2, -0.15) is 0 Å². The van der Waals surface area contributed by atoms with Gasteiger partial charge in [-0.05, 0) is 12.5 Å². The van der Waals surface area contributed by atoms with Crippen LogP contribution in [-0.2, 0) is 0 Å². The summed E-state index contributed by atoms with van der Waals surface area (Å²) in [5.41, 5.74) is 0.687. The van der Waals surface area contributed by atoms with Crippen LogP contribution in [0.15, 0.2) is 12.1 Å². The molecule has 0 saturated carbocycles. The van der Waals surface area contributed by atoms with E-state index >= 15 is 0 Å². The Balaban J connectivity index is 2.33. The lowest BCUT2D eigenvalue weighted by Crippen LogP contribution is -2.45. The molecule has 0 aliphatic carbocycles. The number of methoxy groups -OCH3 is 2. The van der Waals surface area contributed by atoms with E-state index in [1.54, 1.807) is 13.2 Å². The van der Waals surface area contributed by atoms with Crippen LogP contribution in [0.5, 0.6) is 11.5 Å². The van der Waals surface area contributed by atoms with Crippen LogP contribution >= 0.6 is 0 Å². The molecule has 1 fully saturated rings. The summed E-state index contributed by atoms with van der Waals surface area (Å²) in [6, 6.07) is 3.26. The van der Waals surface area contributed by atoms with Crippen LogP contribution in [0.3, 0.4) is 0 Å². The fraction of sp³-hybridized carbons (Fsp3) is 0.600. The first-order chi connectivity index (χ1) is 9.71. The SMILES string of the molecule is CC[C@@H](c1cc(OC)c(OC)cc1F)N1CCNCC1. The molecule has 0 amide bonds. The molecule has 112 valence electrons. The van der Waals surface area contributed by atoms with E-state index in [4.69, 9.17) is 9.47 Å². The number of nitrogens with zero attached hydrogens (tertiary/aromatic N) is 1. The highest BCUT2D eigenvalue weighted by Crippen LogP contribution is 2.35. The summed E-state index contributed by atoms with van der Waals surface area (Å²) < 4.78 is 24.8. The van der Waals surface area contributed by atoms with Gasteiger partial charge in [0, 0.05) is 43.9 Å². The third-order valence-corrected chi connectivity index (χ3v) is 3.84. The van der Waals surface area contributed by atoms with Crippen LogP contribution in [0.25, 0.3) is 0 Å². The quantitative estimate of drug-likeness (QED) is 0.897. The summed E-state index contributed by atoms with van der Waals surface area (Å²) in [6.07, 6.45) is 0.867. The number of nitrogens with one attached hydrogen (secondary N) is 1. The Hall–Kier alpha value is -1.33. The fourth-order valence-electron chi connectivity index (χ4n) is 2.79. The van der Waals surface area contributed by atoms with Gasteiger partial charge in [0.2, 0.25) is 0 Å². The summed E-state index contributed by atoms with van der Waals surface area (Å²) in [5, 5.41) is 3.32. The lowest BCUT2D eigenvalue weighted by molar-refractivity contribution is 0.166. The van der Waals surface area contributed by atoms with E-state index < -0.39 is 0 Å². The topological polar surface area (TPSA) is 33.7 Å². The first-order valence-corrected chi connectivity index (χ1v) is 7.07. The molecule has 0 aromatic heterocycles. The van der Waals surface area contributed by atoms with Crippen molar-refractivity contribution in [2.75, 3.05) is 40.4 Å². The smallest absolute Gasteiger partial charge is 0.163 e. The molecule has 0 spiro atoms. The maximum Gasteiger partial charge on any atom is 0.163 e. The van der Waals surface area contributed by atoms with Crippen molar-refractivity contribution in [2.45, 2.75) is 19.4 Å². The van der Waals surface area contributed by atoms with E-state index in [0.717, 1.165) is 32.6 Å². The summed E-state index contributed by atoms with van der Waals surface area (Å²) >= 11 is 0. The van der Waals surface area contributed by atoms with E-state index in [1.165, 1.54) is 13.2 Å². The minimum Gasteiger partial charge on any atom is -0.493 e. The largest absolute Gasteiger partial charge is 0.493 e. The molecule has 1 heterocycles. The zero-order chi connectivity index (χ0) is 14.5. The molecule has 1 N–H and O–H groups in total. The molecule has 1 aromatic rings. The maximum atomic E-state index is 14.4. The van der Waals surface area contributed by atoms with Crippen molar-refractivity contribution in [3.63, 3.8) is 0 Å². The molecule has 5 heteroatoms. The van der Waals surface area contributed by atoms with E-state index in [0.29, 0.717) is 17.1 Å². The Morgan fingerprint density at radius 2 is 1.80 bits per heavy atom. The molecule has 1 atom stereocenters. The first kappa shape index (κ1) is 15.1. The summed E-state index contributed by atoms with van der Waals surface area (Å²) in [6.45, 7) is 5.86. The monoisotopic (exact) mass is 282 g/mol. The molecule has 1 saturated heterocycles. The van der Waals surface area contributed by atoms with Crippen LogP contribution < -0.4 is 14.8 Å². The summed E-state index contributed by atoms with van der Waals surface area (Å²) in [7, 11) is 3.09. The normalized spacial score (nSPS) is 17.8. The van der Waals surface area contributed by atoms with E-state index in [9.17, 15) is 4.39 Å². The van der Waals surface area contributed by atoms with Gasteiger partial charge < -0.3 is 14.8 Å². The van der Waals surface area contributed by atoms with Crippen LogP contribution in [0.2, 0.25) is 0 Å². The number of hydrogen-bond acceptors (Lipinski definition) is 4. The number of rotatable bonds is 5. The second-order valence-corrected chi connectivity index (χ2v) is 4.94. The number of hydrogen-bond donors (Lipinski definition) is 1. The van der Waals surface area contributed by atoms with Crippen molar-refractivity contribution in [1.82, 2.24) is 10.2 Å². The lowest BCUT2D eigenvalue weighted by atomic mass is 10.0. The average molecular weight is 282 g/mol. The van der Waals surface area contributed by atoms with Crippen LogP contribution in [0, 0.1) is 5.82 Å². The standard InChI is InChI=1S/C15H23FN2O2/c1-4-13(18-7-5-17-6-8-18)11-9-14(19-2)15(20-3)10-12(11)16/h9-10,13,17H,4-8H2,1-3H3/t13-/m0/s1. The molecule has 20 heavy (non-hydrogen) atoms. The molecule has 0 bridgehead atoms. The molecular formula is C15H23FN2O2. The Morgan fingerprint density at radius 3 is 2.35 bits per heavy atom. The molecule has 4 nitrogen and oxygen atoms in total. The predicted octanol–water partition coefficient (Wildman–Crippen LogP) is 2.20. The Bertz CT molecular complexity index is 448. The van der Waals surface area contributed by atoms with Gasteiger partial charge in [-0.25, -0.2) is 4.39 Å². The number of piperazine rings is 1. The molecule has 0 unspecified atom stereocenters. The molecule has 2 rings (SSSR count). The van der Waals surface area contributed by atoms with Gasteiger partial charge in [0.15, 0.2) is 11.5 Å². The third kappa shape index (κ3) is 3.04. The van der Waals surface area contributed by atoms with Gasteiger partial charge in [0.25, 0.3) is 0 Å². The van der Waals surface area contributed by atoms with Gasteiger partial charge in [0.1, 0.15) is 5.82 Å². The highest BCUT2D eigenvalue weighted by molar-refractivity contribution is 5.44. The van der Waals surface area contributed by atoms with Gasteiger partial charge in [-0.15, -0.1) is 0 Å². The molecule has 1 aromatic carbocycles. The first-order valence-electron chi connectivity index (χ1n) is 7.07. The number of benzene rings is 1. The van der Waals surface area contributed by atoms with Crippen LogP contribution in [0.1, 0.15) is 24.9 Å². The van der Waals surface area contributed by atoms with Gasteiger partial charge in [0.05, 0.1) is 14.2 Å². The van der Waals surface area contributed by atoms with Gasteiger partial charge >= 0.3 is 0 Å². The summed E-state index contributed by atoms with van der Waals surface area (Å²) in [5.74, 6) is 0.787. The van der Waals surface area contributed by atoms with E-state index in [2.05, 4.69) is 17.1 Å². The predicted molar refractivity (Wildman–Crippen MR) is 77.0 cm³/mol. The zero-order valence-electron chi connectivity index (χ0n) is 12.4. The molecule has 1 aliphatic rings. The molecular weight excluding hydrogens is 259 g/mol. The van der Waals surface area contributed by atoms with Crippen LogP contribution in [0.4, 0.5) is 4.39 Å². The maximum absolute atomic E-state index is 14.4. The average Bonchev–Trinajstić information content (AvgIpc) is 2.50. The number of ether oxygens (including phenoxy) is 2. The van der Waals surface area contributed by atoms with Crippen LogP contribution in [-0.4, -0.2) is 45.3 Å². The van der Waals surface area contributed by atoms with Crippen molar-refractivity contribution < 1.29 is 13.9 Å². The zero-order valence-corrected chi connectivity index (χ0v) is 12.4. The number of halogens is 1. The Labute approximate surface area is 119 Å². The van der Waals surface area contributed by atoms with E-state index in [1.807, 2.05) is 0 Å². The third-order valence-electron chi connectivity index (χ3n) is 3.84. The van der Waals surface area contributed by atoms with Crippen molar-refractivity contribution in [3.8, 4) is 11.5 Å². The van der Waals surface area contributed by atoms with Gasteiger partial charge in [-0.1, -0.05) is 6.92 Å². The Morgan fingerprint density at radius 1 is 1.20 bits per heavy atom. The summed E-state index contributed by atoms with van der Waals surface area (Å²) in [4.78, 5) is 2.32. The lowest BCUT2D eigenvalue weighted by Gasteiger charge is -2.35. The van der Waals surface area contributed by atoms with Crippen molar-refractivity contribution in [3.05, 3.63) is 23.5 Å². The second kappa shape index (κ2) is 6.90. The second-order valence-electron chi connectivity index (χ2n) is 4.94. The van der Waals surface area contributed by atoms with Crippen molar-refractivity contribution in [1.29, 1.82) is 0 Å². The van der Waals surface area contributed by atoms with Gasteiger partial charge in [-0.3, -0.25) is 4.90 Å². The minimum atomic E-state index is -0.229. The van der Waals surface area contributed by atoms with Crippen molar-refractivity contribution in [2.24, 2.45) is 0 Å². The highest BCUT2D eigenvalue weighted by atomic mass is 19.1. The Kier molecular flexibility index (Phi) is 5.20.